The van der Waals surface area contributed by atoms with Crippen LogP contribution in [0.25, 0.3) is 0 Å². The molecule has 1 saturated heterocycles. The number of anilines is 1. The molecule has 1 atom stereocenters. The van der Waals surface area contributed by atoms with E-state index in [2.05, 4.69) is 5.32 Å². The highest BCUT2D eigenvalue weighted by Crippen LogP contribution is 2.30. The smallest absolute Gasteiger partial charge is 0.405 e. The maximum Gasteiger partial charge on any atom is 0.405 e. The van der Waals surface area contributed by atoms with E-state index in [0.29, 0.717) is 18.7 Å². The average molecular weight is 373 g/mol. The van der Waals surface area contributed by atoms with Crippen LogP contribution in [0.4, 0.5) is 23.7 Å². The van der Waals surface area contributed by atoms with Gasteiger partial charge in [-0.2, -0.15) is 13.2 Å². The van der Waals surface area contributed by atoms with E-state index in [-0.39, 0.29) is 12.1 Å². The lowest BCUT2D eigenvalue weighted by Crippen LogP contribution is -2.37. The molecule has 1 aromatic carbocycles. The van der Waals surface area contributed by atoms with Crippen LogP contribution in [0.1, 0.15) is 23.7 Å². The molecule has 1 fully saturated rings. The van der Waals surface area contributed by atoms with E-state index in [9.17, 15) is 32.7 Å². The zero-order chi connectivity index (χ0) is 19.5. The van der Waals surface area contributed by atoms with E-state index in [4.69, 9.17) is 0 Å². The summed E-state index contributed by atoms with van der Waals surface area (Å²) in [5, 5.41) is 13.5. The van der Waals surface area contributed by atoms with Gasteiger partial charge in [0.25, 0.3) is 5.91 Å². The molecule has 0 saturated carbocycles. The molecule has 1 aromatic rings. The van der Waals surface area contributed by atoms with Gasteiger partial charge in [0, 0.05) is 24.3 Å². The fourth-order valence-corrected chi connectivity index (χ4v) is 2.50. The number of amides is 3. The van der Waals surface area contributed by atoms with Crippen LogP contribution in [0.15, 0.2) is 24.3 Å². The average Bonchev–Trinajstić information content (AvgIpc) is 2.97. The number of halogens is 3. The molecule has 142 valence electrons. The number of carboxylic acid groups (broad SMARTS) is 1. The summed E-state index contributed by atoms with van der Waals surface area (Å²) in [5.74, 6) is -1.85. The molecule has 1 aliphatic heterocycles. The van der Waals surface area contributed by atoms with Crippen molar-refractivity contribution in [2.75, 3.05) is 25.0 Å². The van der Waals surface area contributed by atoms with Crippen molar-refractivity contribution in [3.05, 3.63) is 29.8 Å². The first kappa shape index (κ1) is 19.5. The number of rotatable bonds is 4. The Bertz CT molecular complexity index is 706. The van der Waals surface area contributed by atoms with Gasteiger partial charge in [0.05, 0.1) is 5.41 Å². The number of urea groups is 1. The highest BCUT2D eigenvalue weighted by Gasteiger charge is 2.42. The predicted molar refractivity (Wildman–Crippen MR) is 85.8 cm³/mol. The molecule has 0 bridgehead atoms. The zero-order valence-corrected chi connectivity index (χ0v) is 13.9. The number of nitrogens with zero attached hydrogens (tertiary/aromatic N) is 1. The minimum atomic E-state index is -4.50. The molecule has 26 heavy (non-hydrogen) atoms. The van der Waals surface area contributed by atoms with Crippen LogP contribution in [0.2, 0.25) is 0 Å². The summed E-state index contributed by atoms with van der Waals surface area (Å²) in [6.45, 7) is 0.511. The third-order valence-electron chi connectivity index (χ3n) is 4.12. The number of alkyl halides is 3. The van der Waals surface area contributed by atoms with Crippen LogP contribution < -0.4 is 10.6 Å². The monoisotopic (exact) mass is 373 g/mol. The minimum Gasteiger partial charge on any atom is -0.481 e. The van der Waals surface area contributed by atoms with Gasteiger partial charge in [-0.3, -0.25) is 9.59 Å². The number of likely N-dealkylation sites (tertiary alicyclic amines) is 1. The van der Waals surface area contributed by atoms with Gasteiger partial charge in [0.1, 0.15) is 6.54 Å². The van der Waals surface area contributed by atoms with E-state index in [1.807, 2.05) is 0 Å². The first-order chi connectivity index (χ1) is 12.0. The Labute approximate surface area is 147 Å². The van der Waals surface area contributed by atoms with Gasteiger partial charge in [-0.25, -0.2) is 4.79 Å². The van der Waals surface area contributed by atoms with Crippen LogP contribution in [0.3, 0.4) is 0 Å². The number of aliphatic carboxylic acids is 1. The number of hydrogen-bond acceptors (Lipinski definition) is 3. The van der Waals surface area contributed by atoms with E-state index in [1.165, 1.54) is 29.2 Å². The van der Waals surface area contributed by atoms with Crippen molar-refractivity contribution in [1.82, 2.24) is 10.2 Å². The summed E-state index contributed by atoms with van der Waals surface area (Å²) in [4.78, 5) is 36.4. The lowest BCUT2D eigenvalue weighted by Gasteiger charge is -2.20. The Morgan fingerprint density at radius 1 is 1.23 bits per heavy atom. The third kappa shape index (κ3) is 4.87. The summed E-state index contributed by atoms with van der Waals surface area (Å²) in [5.41, 5.74) is -0.629. The van der Waals surface area contributed by atoms with Crippen molar-refractivity contribution < 1.29 is 32.7 Å². The predicted octanol–water partition coefficient (Wildman–Crippen LogP) is 2.31. The number of benzene rings is 1. The number of carbonyl (C=O) groups is 3. The topological polar surface area (TPSA) is 98.7 Å². The van der Waals surface area contributed by atoms with Gasteiger partial charge in [-0.05, 0) is 37.6 Å². The van der Waals surface area contributed by atoms with Gasteiger partial charge in [-0.1, -0.05) is 0 Å². The first-order valence-electron chi connectivity index (χ1n) is 7.74. The Hall–Kier alpha value is -2.78. The Kier molecular flexibility index (Phi) is 5.43. The van der Waals surface area contributed by atoms with Crippen molar-refractivity contribution in [1.29, 1.82) is 0 Å². The van der Waals surface area contributed by atoms with Gasteiger partial charge in [-0.15, -0.1) is 0 Å². The molecule has 3 amide bonds. The van der Waals surface area contributed by atoms with Crippen LogP contribution >= 0.6 is 0 Å². The molecule has 0 aliphatic carbocycles. The van der Waals surface area contributed by atoms with E-state index >= 15 is 0 Å². The maximum absolute atomic E-state index is 12.2. The largest absolute Gasteiger partial charge is 0.481 e. The highest BCUT2D eigenvalue weighted by molar-refractivity contribution is 5.95. The van der Waals surface area contributed by atoms with Crippen LogP contribution in [0, 0.1) is 5.41 Å². The summed E-state index contributed by atoms with van der Waals surface area (Å²) in [6, 6.07) is 4.85. The van der Waals surface area contributed by atoms with E-state index in [0.717, 1.165) is 0 Å². The van der Waals surface area contributed by atoms with Gasteiger partial charge in [0.2, 0.25) is 0 Å². The fraction of sp³-hybridized carbons (Fsp3) is 0.438. The number of carboxylic acids is 1. The normalized spacial score (nSPS) is 19.9. The molecule has 0 aromatic heterocycles. The lowest BCUT2D eigenvalue weighted by atomic mass is 9.90. The van der Waals surface area contributed by atoms with Gasteiger partial charge >= 0.3 is 18.2 Å². The third-order valence-corrected chi connectivity index (χ3v) is 4.12. The number of hydrogen-bond donors (Lipinski definition) is 3. The van der Waals surface area contributed by atoms with Crippen LogP contribution in [-0.4, -0.2) is 53.7 Å². The molecule has 1 aliphatic rings. The molecule has 7 nitrogen and oxygen atoms in total. The van der Waals surface area contributed by atoms with Gasteiger partial charge < -0.3 is 20.6 Å². The minimum absolute atomic E-state index is 0.0203. The Morgan fingerprint density at radius 2 is 1.85 bits per heavy atom. The summed E-state index contributed by atoms with van der Waals surface area (Å²) < 4.78 is 36.3. The SMILES string of the molecule is CC1(C(=O)O)CCN(C(=O)Nc2ccc(C(=O)NCC(F)(F)F)cc2)C1. The molecule has 1 heterocycles. The first-order valence-corrected chi connectivity index (χ1v) is 7.74. The summed E-state index contributed by atoms with van der Waals surface area (Å²) in [6.07, 6.45) is -4.15. The molecule has 10 heteroatoms. The quantitative estimate of drug-likeness (QED) is 0.754. The van der Waals surface area contributed by atoms with Crippen molar-refractivity contribution in [3.63, 3.8) is 0 Å². The van der Waals surface area contributed by atoms with Crippen LogP contribution in [-0.2, 0) is 4.79 Å². The highest BCUT2D eigenvalue weighted by atomic mass is 19.4. The fourth-order valence-electron chi connectivity index (χ4n) is 2.50. The summed E-state index contributed by atoms with van der Waals surface area (Å²) >= 11 is 0. The second-order valence-corrected chi connectivity index (χ2v) is 6.34. The molecule has 1 unspecified atom stereocenters. The zero-order valence-electron chi connectivity index (χ0n) is 13.9. The standard InChI is InChI=1S/C16H18F3N3O4/c1-15(13(24)25)6-7-22(9-15)14(26)21-11-4-2-10(3-5-11)12(23)20-8-16(17,18)19/h2-5H,6-9H2,1H3,(H,20,23)(H,21,26)(H,24,25). The lowest BCUT2D eigenvalue weighted by molar-refractivity contribution is -0.147. The van der Waals surface area contributed by atoms with Crippen molar-refractivity contribution in [2.45, 2.75) is 19.5 Å². The second kappa shape index (κ2) is 7.22. The second-order valence-electron chi connectivity index (χ2n) is 6.34. The maximum atomic E-state index is 12.2. The summed E-state index contributed by atoms with van der Waals surface area (Å²) in [7, 11) is 0. The van der Waals surface area contributed by atoms with Gasteiger partial charge in [0.15, 0.2) is 0 Å². The number of carbonyl (C=O) groups excluding carboxylic acids is 2. The molecule has 0 radical (unpaired) electrons. The number of nitrogens with one attached hydrogen (secondary N) is 2. The van der Waals surface area contributed by atoms with E-state index < -0.39 is 36.0 Å². The molecular weight excluding hydrogens is 355 g/mol. The molecule has 3 N–H and O–H groups in total. The Morgan fingerprint density at radius 3 is 2.35 bits per heavy atom. The van der Waals surface area contributed by atoms with Crippen molar-refractivity contribution in [3.8, 4) is 0 Å². The van der Waals surface area contributed by atoms with Crippen molar-refractivity contribution in [2.24, 2.45) is 5.41 Å². The van der Waals surface area contributed by atoms with E-state index in [1.54, 1.807) is 12.2 Å². The molecule has 0 spiro atoms. The van der Waals surface area contributed by atoms with Crippen molar-refractivity contribution >= 4 is 23.6 Å². The molecule has 2 rings (SSSR count). The van der Waals surface area contributed by atoms with Crippen LogP contribution in [0.5, 0.6) is 0 Å². The molecular formula is C16H18F3N3O4. The Balaban J connectivity index is 1.92.